The molecule has 722 valence electrons. The minimum atomic E-state index is -2.02. The molecule has 0 spiro atoms. The monoisotopic (exact) mass is 1830 g/mol. The molecule has 0 bridgehead atoms. The second-order valence-electron chi connectivity index (χ2n) is 34.4. The van der Waals surface area contributed by atoms with Gasteiger partial charge in [-0.15, -0.1) is 0 Å². The van der Waals surface area contributed by atoms with Gasteiger partial charge >= 0.3 is 11.4 Å². The SMILES string of the molecule is C[C@@H]1O[C@@H](O[C@@H]2[C@@H](NC(=O)c3cc(=O)[nH]c(=O)[nH]3)C[C@@H](C(=O)NCCN)C[C@H]2O[C@@H]2O[C@H](CO)[C@H](O)[C@H](O[C@@H](CC3CCCCC3)C(=O)N(C)C)[C@H]2NC(=O)COCCOCC(=O)N[C@H]2[C@H](O[C@@H]3C[C@H](C(=O)NCCN)C[C@H](NC(=O)c4cc(=O)[nH]c(=O)[nH]4)[C@H]3O[C@@H]3O[C@@H](C)[C@@H](O)[C@@H](O)[C@@H]3O)O[C@H](CO)[C@H](O)[C@@H]2O[C@@H](CC2CCCCC2)C(=O)N(C)C)[C@@H](O)[C@H](O)[C@@H]1O. The van der Waals surface area contributed by atoms with Crippen LogP contribution in [0.25, 0.3) is 0 Å². The van der Waals surface area contributed by atoms with Gasteiger partial charge in [0.05, 0.1) is 62.9 Å². The van der Waals surface area contributed by atoms with E-state index in [9.17, 15) is 109 Å². The Balaban J connectivity index is 0.939. The van der Waals surface area contributed by atoms with Crippen LogP contribution in [0.2, 0.25) is 0 Å². The fraction of sp³-hybridized carbons (Fsp3) is 0.800. The summed E-state index contributed by atoms with van der Waals surface area (Å²) >= 11 is 0. The molecule has 128 heavy (non-hydrogen) atoms. The molecule has 4 saturated heterocycles. The normalized spacial score (nSPS) is 34.2. The van der Waals surface area contributed by atoms with Crippen molar-refractivity contribution in [1.82, 2.24) is 61.6 Å². The molecule has 2 aromatic heterocycles. The molecular weight excluding hydrogens is 1700 g/mol. The lowest BCUT2D eigenvalue weighted by molar-refractivity contribution is -0.335. The Morgan fingerprint density at radius 1 is 0.461 bits per heavy atom. The van der Waals surface area contributed by atoms with Crippen LogP contribution in [-0.2, 0) is 85.6 Å². The lowest BCUT2D eigenvalue weighted by atomic mass is 9.80. The molecular formula is C80H128N14O34. The van der Waals surface area contributed by atoms with Crippen LogP contribution in [0.1, 0.15) is 138 Å². The van der Waals surface area contributed by atoms with E-state index in [-0.39, 0.29) is 63.7 Å². The van der Waals surface area contributed by atoms with Crippen LogP contribution in [0.4, 0.5) is 0 Å². The minimum Gasteiger partial charge on any atom is -0.394 e. The van der Waals surface area contributed by atoms with Gasteiger partial charge in [0.15, 0.2) is 25.2 Å². The van der Waals surface area contributed by atoms with Gasteiger partial charge in [-0.05, 0) is 64.2 Å². The van der Waals surface area contributed by atoms with Crippen molar-refractivity contribution in [1.29, 1.82) is 0 Å². The van der Waals surface area contributed by atoms with Gasteiger partial charge in [0, 0.05) is 78.3 Å². The second-order valence-corrected chi connectivity index (χ2v) is 34.4. The van der Waals surface area contributed by atoms with E-state index in [1.165, 1.54) is 51.8 Å². The van der Waals surface area contributed by atoms with E-state index in [1.54, 1.807) is 0 Å². The highest BCUT2D eigenvalue weighted by atomic mass is 16.7. The van der Waals surface area contributed by atoms with Gasteiger partial charge in [-0.1, -0.05) is 64.2 Å². The lowest BCUT2D eigenvalue weighted by Gasteiger charge is -2.49. The molecule has 0 aromatic carbocycles. The number of rotatable bonds is 39. The number of aromatic nitrogens is 4. The molecule has 4 aliphatic heterocycles. The number of nitrogens with zero attached hydrogens (tertiary/aromatic N) is 2. The highest BCUT2D eigenvalue weighted by molar-refractivity contribution is 5.93. The Morgan fingerprint density at radius 2 is 0.828 bits per heavy atom. The van der Waals surface area contributed by atoms with Gasteiger partial charge in [0.25, 0.3) is 34.7 Å². The molecule has 8 fully saturated rings. The summed E-state index contributed by atoms with van der Waals surface area (Å²) in [6.07, 6.45) is -34.2. The van der Waals surface area contributed by atoms with Gasteiger partial charge in [-0.2, -0.15) is 0 Å². The fourth-order valence-corrected chi connectivity index (χ4v) is 17.8. The zero-order chi connectivity index (χ0) is 93.1. The summed E-state index contributed by atoms with van der Waals surface area (Å²) in [7, 11) is 5.93. The summed E-state index contributed by atoms with van der Waals surface area (Å²) in [5, 5.41) is 130. The van der Waals surface area contributed by atoms with Crippen LogP contribution < -0.4 is 65.9 Å². The number of aromatic amines is 4. The molecule has 10 rings (SSSR count). The molecule has 2 aromatic rings. The van der Waals surface area contributed by atoms with Crippen LogP contribution in [0.15, 0.2) is 31.3 Å². The average molecular weight is 1830 g/mol. The van der Waals surface area contributed by atoms with E-state index in [1.807, 2.05) is 9.97 Å². The van der Waals surface area contributed by atoms with Crippen molar-refractivity contribution in [3.63, 3.8) is 0 Å². The Kier molecular flexibility index (Phi) is 38.4. The maximum Gasteiger partial charge on any atom is 0.326 e. The van der Waals surface area contributed by atoms with Gasteiger partial charge in [-0.25, -0.2) is 9.59 Å². The number of carbonyl (C=O) groups is 8. The van der Waals surface area contributed by atoms with E-state index < -0.39 is 317 Å². The zero-order valence-corrected chi connectivity index (χ0v) is 72.3. The number of hydrogen-bond donors (Lipinski definition) is 22. The Labute approximate surface area is 734 Å². The summed E-state index contributed by atoms with van der Waals surface area (Å²) in [5.74, 6) is -9.11. The molecule has 0 unspecified atom stereocenters. The molecule has 6 heterocycles. The van der Waals surface area contributed by atoms with Gasteiger partial charge in [-0.3, -0.25) is 57.9 Å². The van der Waals surface area contributed by atoms with Crippen molar-refractivity contribution in [2.75, 3.05) is 94.0 Å². The highest BCUT2D eigenvalue weighted by Gasteiger charge is 2.57. The molecule has 24 N–H and O–H groups in total. The van der Waals surface area contributed by atoms with Crippen molar-refractivity contribution in [3.05, 3.63) is 65.2 Å². The third kappa shape index (κ3) is 27.0. The molecule has 0 radical (unpaired) electrons. The molecule has 4 saturated carbocycles. The van der Waals surface area contributed by atoms with E-state index in [0.717, 1.165) is 50.7 Å². The molecule has 8 amide bonds. The summed E-state index contributed by atoms with van der Waals surface area (Å²) in [4.78, 5) is 176. The van der Waals surface area contributed by atoms with Gasteiger partial charge < -0.3 is 171 Å². The Morgan fingerprint density at radius 3 is 1.16 bits per heavy atom. The number of amides is 8. The number of likely N-dealkylation sites (N-methyl/N-ethyl adjacent to an activating group) is 2. The number of carbonyl (C=O) groups excluding carboxylic acids is 8. The molecule has 4 aliphatic carbocycles. The topological polar surface area (TPSA) is 712 Å². The van der Waals surface area contributed by atoms with Gasteiger partial charge in [0.1, 0.15) is 134 Å². The first-order valence-electron chi connectivity index (χ1n) is 43.6. The predicted molar refractivity (Wildman–Crippen MR) is 438 cm³/mol. The van der Waals surface area contributed by atoms with Crippen LogP contribution >= 0.6 is 0 Å². The average Bonchev–Trinajstić information content (AvgIpc) is 0.773. The third-order valence-corrected chi connectivity index (χ3v) is 24.5. The van der Waals surface area contributed by atoms with Crippen molar-refractivity contribution in [2.45, 2.75) is 288 Å². The van der Waals surface area contributed by atoms with E-state index in [2.05, 4.69) is 41.9 Å². The van der Waals surface area contributed by atoms with Crippen molar-refractivity contribution < 1.29 is 146 Å². The number of ether oxygens (including phenoxy) is 12. The van der Waals surface area contributed by atoms with Crippen LogP contribution in [0.3, 0.4) is 0 Å². The maximum absolute atomic E-state index is 14.8. The summed E-state index contributed by atoms with van der Waals surface area (Å²) < 4.78 is 76.2. The predicted octanol–water partition coefficient (Wildman–Crippen LogP) is -9.71. The Bertz CT molecular complexity index is 3900. The fourth-order valence-electron chi connectivity index (χ4n) is 17.8. The summed E-state index contributed by atoms with van der Waals surface area (Å²) in [5.41, 5.74) is 6.37. The third-order valence-electron chi connectivity index (χ3n) is 24.5. The van der Waals surface area contributed by atoms with Gasteiger partial charge in [0.2, 0.25) is 23.6 Å². The number of aliphatic hydroxyl groups is 10. The molecule has 48 heteroatoms. The van der Waals surface area contributed by atoms with E-state index in [0.29, 0.717) is 25.7 Å². The second kappa shape index (κ2) is 48.0. The molecule has 48 nitrogen and oxygen atoms in total. The highest BCUT2D eigenvalue weighted by Crippen LogP contribution is 2.41. The summed E-state index contributed by atoms with van der Waals surface area (Å²) in [6, 6.07) is -4.95. The van der Waals surface area contributed by atoms with Crippen molar-refractivity contribution >= 4 is 47.3 Å². The molecule has 30 atom stereocenters. The number of nitrogens with two attached hydrogens (primary N) is 2. The number of H-pyrrole nitrogens is 4. The first-order chi connectivity index (χ1) is 61.0. The van der Waals surface area contributed by atoms with Crippen LogP contribution in [0.5, 0.6) is 0 Å². The first-order valence-corrected chi connectivity index (χ1v) is 43.6. The minimum absolute atomic E-state index is 0.0318. The van der Waals surface area contributed by atoms with Crippen molar-refractivity contribution in [2.24, 2.45) is 35.1 Å². The zero-order valence-electron chi connectivity index (χ0n) is 72.3. The van der Waals surface area contributed by atoms with Crippen LogP contribution in [-0.4, -0.2) is 393 Å². The standard InChI is InChI=1S/C80H128N14O34/c1-35-57(101)61(105)63(107)77(119-35)127-65-41(85-71(111)43-29-51(97)91-79(115)87-43)25-39(69(109)83-19-17-81)27-45(65)123-75-55(67(59(103)49(31-95)125-75)121-47(73(113)93(3)4)23-37-13-9-7-10-14-37)89-53(99)33-117-21-22-118-34-54(100)90-56-68(122-48(74(114)94(5)6)24-38-15-11-8-12-16-38)60(104)50(32-96)126-76(56)124-46-28-40(70(110)84-20-18-82)26-42(86-72(112)44-30-52(98)92-80(116)88-44)66(46)128-78-64(108)62(106)58(102)36(2)120-78/h29-30,35-42,45-50,55-68,75-78,95-96,101-108H,7-28,31-34,81-82H2,1-6H3,(H,83,109)(H,84,110)(H,85,111)(H,86,112)(H,89,99)(H,90,100)(H2,87,91,97,115)(H2,88,92,98,116)/t35-,36-,39+,40+,41-,42-,45+,46+,47-,48-,49+,50+,55+,56+,57+,58+,59-,60-,61+,62+,63-,64-,65+,66+,67+,68+,75+,76+,77-,78-/m0/s1. The number of hydrogen-bond acceptors (Lipinski definition) is 36. The number of nitrogens with one attached hydrogen (secondary N) is 10. The lowest BCUT2D eigenvalue weighted by Crippen LogP contribution is -2.68. The van der Waals surface area contributed by atoms with Crippen molar-refractivity contribution in [3.8, 4) is 0 Å². The van der Waals surface area contributed by atoms with E-state index in [4.69, 9.17) is 68.3 Å². The smallest absolute Gasteiger partial charge is 0.326 e. The summed E-state index contributed by atoms with van der Waals surface area (Å²) in [6.45, 7) is -2.13. The van der Waals surface area contributed by atoms with Crippen LogP contribution in [0, 0.1) is 23.7 Å². The first kappa shape index (κ1) is 102. The maximum atomic E-state index is 14.8. The van der Waals surface area contributed by atoms with E-state index >= 15 is 0 Å². The largest absolute Gasteiger partial charge is 0.394 e. The molecule has 8 aliphatic rings. The number of aliphatic hydroxyl groups excluding tert-OH is 10. The quantitative estimate of drug-likeness (QED) is 0.0276. The Hall–Kier alpha value is -7.84.